The van der Waals surface area contributed by atoms with Crippen molar-refractivity contribution in [1.82, 2.24) is 10.6 Å². The molecule has 1 aromatic carbocycles. The summed E-state index contributed by atoms with van der Waals surface area (Å²) in [5.74, 6) is -0.277. The third-order valence-corrected chi connectivity index (χ3v) is 3.95. The van der Waals surface area contributed by atoms with Gasteiger partial charge in [0, 0.05) is 6.54 Å². The van der Waals surface area contributed by atoms with Gasteiger partial charge in [0.15, 0.2) is 0 Å². The summed E-state index contributed by atoms with van der Waals surface area (Å²) in [5, 5.41) is 5.89. The Hall–Kier alpha value is -1.84. The average molecular weight is 288 g/mol. The molecular formula is C17H24N2O2. The van der Waals surface area contributed by atoms with Crippen LogP contribution in [0.5, 0.6) is 0 Å². The van der Waals surface area contributed by atoms with Crippen molar-refractivity contribution in [3.8, 4) is 0 Å². The molecule has 3 atom stereocenters. The number of benzene rings is 1. The molecule has 2 rings (SSSR count). The Balaban J connectivity index is 1.77. The maximum Gasteiger partial charge on any atom is 0.224 e. The molecule has 0 radical (unpaired) electrons. The predicted molar refractivity (Wildman–Crippen MR) is 82.5 cm³/mol. The summed E-state index contributed by atoms with van der Waals surface area (Å²) in [4.78, 5) is 24.0. The molecule has 1 saturated carbocycles. The molecule has 1 fully saturated rings. The first-order valence-corrected chi connectivity index (χ1v) is 7.76. The Kier molecular flexibility index (Phi) is 5.37. The highest BCUT2D eigenvalue weighted by Gasteiger charge is 2.48. The van der Waals surface area contributed by atoms with Gasteiger partial charge in [-0.1, -0.05) is 43.7 Å². The highest BCUT2D eigenvalue weighted by molar-refractivity contribution is 5.92. The Morgan fingerprint density at radius 3 is 2.52 bits per heavy atom. The van der Waals surface area contributed by atoms with E-state index in [-0.39, 0.29) is 29.7 Å². The van der Waals surface area contributed by atoms with Crippen LogP contribution in [0.1, 0.15) is 44.7 Å². The first-order chi connectivity index (χ1) is 10.1. The summed E-state index contributed by atoms with van der Waals surface area (Å²) in [6, 6.07) is 9.83. The van der Waals surface area contributed by atoms with Crippen LogP contribution in [-0.2, 0) is 9.59 Å². The first kappa shape index (κ1) is 15.5. The van der Waals surface area contributed by atoms with E-state index in [0.29, 0.717) is 13.0 Å². The van der Waals surface area contributed by atoms with Crippen LogP contribution in [0, 0.1) is 11.8 Å². The molecule has 4 heteroatoms. The average Bonchev–Trinajstić information content (AvgIpc) is 3.29. The Bertz CT molecular complexity index is 487. The van der Waals surface area contributed by atoms with Crippen molar-refractivity contribution in [3.05, 3.63) is 35.9 Å². The van der Waals surface area contributed by atoms with Gasteiger partial charge in [0.05, 0.1) is 17.9 Å². The summed E-state index contributed by atoms with van der Waals surface area (Å²) in [6.45, 7) is 4.76. The maximum absolute atomic E-state index is 12.1. The fraction of sp³-hybridized carbons (Fsp3) is 0.529. The van der Waals surface area contributed by atoms with E-state index in [1.54, 1.807) is 0 Å². The number of amides is 2. The van der Waals surface area contributed by atoms with Crippen LogP contribution >= 0.6 is 0 Å². The van der Waals surface area contributed by atoms with Crippen LogP contribution in [0.4, 0.5) is 0 Å². The Morgan fingerprint density at radius 2 is 1.86 bits per heavy atom. The second kappa shape index (κ2) is 7.25. The third-order valence-electron chi connectivity index (χ3n) is 3.95. The highest BCUT2D eigenvalue weighted by Crippen LogP contribution is 2.39. The molecule has 0 spiro atoms. The van der Waals surface area contributed by atoms with Crippen molar-refractivity contribution in [2.75, 3.05) is 6.54 Å². The van der Waals surface area contributed by atoms with Gasteiger partial charge in [-0.25, -0.2) is 0 Å². The Labute approximate surface area is 126 Å². The standard InChI is InChI=1S/C17H24N2O2/c1-3-4-10-18-16(20)14-11-15(14)17(21)19-12(2)13-8-6-5-7-9-13/h5-9,12,14-15H,3-4,10-11H2,1-2H3,(H,18,20)(H,19,21). The van der Waals surface area contributed by atoms with Gasteiger partial charge >= 0.3 is 0 Å². The van der Waals surface area contributed by atoms with Crippen LogP contribution in [-0.4, -0.2) is 18.4 Å². The van der Waals surface area contributed by atoms with Gasteiger partial charge in [-0.3, -0.25) is 9.59 Å². The number of rotatable bonds is 7. The molecule has 0 heterocycles. The number of unbranched alkanes of at least 4 members (excludes halogenated alkanes) is 1. The van der Waals surface area contributed by atoms with E-state index >= 15 is 0 Å². The monoisotopic (exact) mass is 288 g/mol. The van der Waals surface area contributed by atoms with Crippen molar-refractivity contribution in [2.45, 2.75) is 39.2 Å². The number of carbonyl (C=O) groups is 2. The second-order valence-electron chi connectivity index (χ2n) is 5.73. The Morgan fingerprint density at radius 1 is 1.19 bits per heavy atom. The fourth-order valence-electron chi connectivity index (χ4n) is 2.44. The zero-order valence-electron chi connectivity index (χ0n) is 12.8. The van der Waals surface area contributed by atoms with Crippen LogP contribution < -0.4 is 10.6 Å². The van der Waals surface area contributed by atoms with Crippen molar-refractivity contribution in [1.29, 1.82) is 0 Å². The van der Waals surface area contributed by atoms with E-state index in [0.717, 1.165) is 18.4 Å². The lowest BCUT2D eigenvalue weighted by Crippen LogP contribution is -2.32. The van der Waals surface area contributed by atoms with Crippen molar-refractivity contribution < 1.29 is 9.59 Å². The van der Waals surface area contributed by atoms with Crippen molar-refractivity contribution in [3.63, 3.8) is 0 Å². The molecule has 1 aliphatic rings. The van der Waals surface area contributed by atoms with Gasteiger partial charge in [-0.05, 0) is 25.3 Å². The third kappa shape index (κ3) is 4.31. The molecule has 0 saturated heterocycles. The number of hydrogen-bond donors (Lipinski definition) is 2. The highest BCUT2D eigenvalue weighted by atomic mass is 16.2. The van der Waals surface area contributed by atoms with Crippen LogP contribution in [0.25, 0.3) is 0 Å². The molecular weight excluding hydrogens is 264 g/mol. The van der Waals surface area contributed by atoms with E-state index in [9.17, 15) is 9.59 Å². The minimum atomic E-state index is -0.155. The second-order valence-corrected chi connectivity index (χ2v) is 5.73. The zero-order chi connectivity index (χ0) is 15.2. The smallest absolute Gasteiger partial charge is 0.224 e. The predicted octanol–water partition coefficient (Wildman–Crippen LogP) is 2.42. The van der Waals surface area contributed by atoms with Gasteiger partial charge in [0.2, 0.25) is 11.8 Å². The number of nitrogens with one attached hydrogen (secondary N) is 2. The topological polar surface area (TPSA) is 58.2 Å². The van der Waals surface area contributed by atoms with Gasteiger partial charge in [0.1, 0.15) is 0 Å². The van der Waals surface area contributed by atoms with Crippen molar-refractivity contribution in [2.24, 2.45) is 11.8 Å². The van der Waals surface area contributed by atoms with Crippen LogP contribution in [0.15, 0.2) is 30.3 Å². The molecule has 1 aliphatic carbocycles. The lowest BCUT2D eigenvalue weighted by atomic mass is 10.1. The molecule has 2 N–H and O–H groups in total. The minimum Gasteiger partial charge on any atom is -0.356 e. The number of carbonyl (C=O) groups excluding carboxylic acids is 2. The molecule has 2 amide bonds. The van der Waals surface area contributed by atoms with E-state index in [4.69, 9.17) is 0 Å². The molecule has 4 nitrogen and oxygen atoms in total. The molecule has 1 aromatic rings. The molecule has 0 bridgehead atoms. The van der Waals surface area contributed by atoms with E-state index < -0.39 is 0 Å². The van der Waals surface area contributed by atoms with E-state index in [2.05, 4.69) is 17.6 Å². The number of hydrogen-bond acceptors (Lipinski definition) is 2. The molecule has 3 unspecified atom stereocenters. The normalized spacial score (nSPS) is 21.4. The SMILES string of the molecule is CCCCNC(=O)C1CC1C(=O)NC(C)c1ccccc1. The zero-order valence-corrected chi connectivity index (χ0v) is 12.8. The van der Waals surface area contributed by atoms with Crippen molar-refractivity contribution >= 4 is 11.8 Å². The lowest BCUT2D eigenvalue weighted by Gasteiger charge is -2.14. The van der Waals surface area contributed by atoms with Gasteiger partial charge in [-0.15, -0.1) is 0 Å². The summed E-state index contributed by atoms with van der Waals surface area (Å²) < 4.78 is 0. The quantitative estimate of drug-likeness (QED) is 0.757. The minimum absolute atomic E-state index is 0.0120. The molecule has 21 heavy (non-hydrogen) atoms. The van der Waals surface area contributed by atoms with E-state index in [1.165, 1.54) is 0 Å². The van der Waals surface area contributed by atoms with Crippen LogP contribution in [0.2, 0.25) is 0 Å². The molecule has 0 aliphatic heterocycles. The van der Waals surface area contributed by atoms with Gasteiger partial charge in [0.25, 0.3) is 0 Å². The summed E-state index contributed by atoms with van der Waals surface area (Å²) >= 11 is 0. The van der Waals surface area contributed by atoms with E-state index in [1.807, 2.05) is 37.3 Å². The van der Waals surface area contributed by atoms with Gasteiger partial charge < -0.3 is 10.6 Å². The molecule has 114 valence electrons. The van der Waals surface area contributed by atoms with Gasteiger partial charge in [-0.2, -0.15) is 0 Å². The molecule has 0 aromatic heterocycles. The first-order valence-electron chi connectivity index (χ1n) is 7.76. The summed E-state index contributed by atoms with van der Waals surface area (Å²) in [6.07, 6.45) is 2.72. The largest absolute Gasteiger partial charge is 0.356 e. The maximum atomic E-state index is 12.1. The lowest BCUT2D eigenvalue weighted by molar-refractivity contribution is -0.127. The van der Waals surface area contributed by atoms with Crippen LogP contribution in [0.3, 0.4) is 0 Å². The fourth-order valence-corrected chi connectivity index (χ4v) is 2.44. The summed E-state index contributed by atoms with van der Waals surface area (Å²) in [7, 11) is 0. The summed E-state index contributed by atoms with van der Waals surface area (Å²) in [5.41, 5.74) is 1.08.